The molecule has 194 valence electrons. The first-order valence-corrected chi connectivity index (χ1v) is 12.4. The number of nitrogens with zero attached hydrogens (tertiary/aromatic N) is 2. The summed E-state index contributed by atoms with van der Waals surface area (Å²) in [5.74, 6) is 0.349. The molecule has 0 bridgehead atoms. The van der Waals surface area contributed by atoms with Gasteiger partial charge in [-0.25, -0.2) is 9.18 Å². The van der Waals surface area contributed by atoms with Crippen LogP contribution in [0, 0.1) is 5.82 Å². The number of anilines is 1. The fourth-order valence-corrected chi connectivity index (χ4v) is 4.69. The van der Waals surface area contributed by atoms with Gasteiger partial charge in [-0.15, -0.1) is 0 Å². The molecule has 3 aromatic carbocycles. The molecular formula is C29H27FN4O4. The van der Waals surface area contributed by atoms with E-state index in [2.05, 4.69) is 10.6 Å². The van der Waals surface area contributed by atoms with Crippen molar-refractivity contribution in [3.05, 3.63) is 102 Å². The lowest BCUT2D eigenvalue weighted by molar-refractivity contribution is -0.126. The molecule has 0 spiro atoms. The maximum atomic E-state index is 13.6. The van der Waals surface area contributed by atoms with Crippen LogP contribution in [0.25, 0.3) is 0 Å². The van der Waals surface area contributed by atoms with Gasteiger partial charge < -0.3 is 20.3 Å². The SMILES string of the molecule is CCN1C(=O)N[C@H](c2cccc(Oc3ccccc3)c2)C2=C1CN(CCC(=O)Nc1ccc(F)cc1)C2=O. The monoisotopic (exact) mass is 514 g/mol. The predicted molar refractivity (Wildman–Crippen MR) is 140 cm³/mol. The molecular weight excluding hydrogens is 487 g/mol. The first kappa shape index (κ1) is 25.0. The fraction of sp³-hybridized carbons (Fsp3) is 0.207. The van der Waals surface area contributed by atoms with Gasteiger partial charge in [0.2, 0.25) is 5.91 Å². The first-order valence-electron chi connectivity index (χ1n) is 12.4. The van der Waals surface area contributed by atoms with E-state index in [9.17, 15) is 18.8 Å². The second-order valence-electron chi connectivity index (χ2n) is 9.01. The maximum absolute atomic E-state index is 13.6. The Morgan fingerprint density at radius 1 is 1.03 bits per heavy atom. The Labute approximate surface area is 219 Å². The Hall–Kier alpha value is -4.66. The van der Waals surface area contributed by atoms with Crippen LogP contribution in [-0.4, -0.2) is 47.3 Å². The highest BCUT2D eigenvalue weighted by Gasteiger charge is 2.43. The van der Waals surface area contributed by atoms with E-state index in [1.165, 1.54) is 24.3 Å². The fourth-order valence-electron chi connectivity index (χ4n) is 4.69. The summed E-state index contributed by atoms with van der Waals surface area (Å²) in [5.41, 5.74) is 2.33. The third kappa shape index (κ3) is 5.22. The second kappa shape index (κ2) is 10.8. The minimum absolute atomic E-state index is 0.0578. The van der Waals surface area contributed by atoms with Crippen molar-refractivity contribution in [2.45, 2.75) is 19.4 Å². The number of para-hydroxylation sites is 1. The number of hydrogen-bond acceptors (Lipinski definition) is 4. The number of carbonyl (C=O) groups is 3. The van der Waals surface area contributed by atoms with Crippen LogP contribution in [0.1, 0.15) is 24.9 Å². The van der Waals surface area contributed by atoms with Crippen molar-refractivity contribution in [1.29, 1.82) is 0 Å². The summed E-state index contributed by atoms with van der Waals surface area (Å²) in [6.45, 7) is 2.66. The minimum atomic E-state index is -0.648. The minimum Gasteiger partial charge on any atom is -0.457 e. The van der Waals surface area contributed by atoms with Gasteiger partial charge in [0.25, 0.3) is 5.91 Å². The molecule has 0 saturated carbocycles. The van der Waals surface area contributed by atoms with E-state index >= 15 is 0 Å². The Bertz CT molecular complexity index is 1390. The third-order valence-electron chi connectivity index (χ3n) is 6.52. The van der Waals surface area contributed by atoms with Crippen molar-refractivity contribution >= 4 is 23.5 Å². The smallest absolute Gasteiger partial charge is 0.322 e. The molecule has 2 aliphatic rings. The molecule has 8 nitrogen and oxygen atoms in total. The molecule has 2 aliphatic heterocycles. The van der Waals surface area contributed by atoms with E-state index in [-0.39, 0.29) is 37.4 Å². The number of halogens is 1. The first-order chi connectivity index (χ1) is 18.4. The van der Waals surface area contributed by atoms with Crippen molar-refractivity contribution in [3.63, 3.8) is 0 Å². The highest BCUT2D eigenvalue weighted by Crippen LogP contribution is 2.37. The molecule has 2 N–H and O–H groups in total. The molecule has 0 aliphatic carbocycles. The quantitative estimate of drug-likeness (QED) is 0.451. The van der Waals surface area contributed by atoms with E-state index in [4.69, 9.17) is 4.74 Å². The summed E-state index contributed by atoms with van der Waals surface area (Å²) in [7, 11) is 0. The molecule has 5 rings (SSSR count). The van der Waals surface area contributed by atoms with Crippen LogP contribution in [0.15, 0.2) is 90.1 Å². The number of benzene rings is 3. The van der Waals surface area contributed by atoms with Gasteiger partial charge in [0.1, 0.15) is 17.3 Å². The largest absolute Gasteiger partial charge is 0.457 e. The highest BCUT2D eigenvalue weighted by atomic mass is 19.1. The summed E-state index contributed by atoms with van der Waals surface area (Å²) in [6, 6.07) is 21.2. The zero-order valence-corrected chi connectivity index (χ0v) is 20.8. The zero-order valence-electron chi connectivity index (χ0n) is 20.8. The Morgan fingerprint density at radius 2 is 1.76 bits per heavy atom. The lowest BCUT2D eigenvalue weighted by Crippen LogP contribution is -2.47. The molecule has 3 aromatic rings. The van der Waals surface area contributed by atoms with Gasteiger partial charge in [0.15, 0.2) is 0 Å². The van der Waals surface area contributed by atoms with Gasteiger partial charge in [-0.05, 0) is 61.0 Å². The standard InChI is InChI=1S/C29H27FN4O4/c1-2-34-24-18-33(16-15-25(35)31-21-13-11-20(30)12-14-21)28(36)26(24)27(32-29(34)37)19-7-6-10-23(17-19)38-22-8-4-3-5-9-22/h3-14,17,27H,2,15-16,18H2,1H3,(H,31,35)(H,32,37)/t27-/m1/s1. The number of urea groups is 1. The maximum Gasteiger partial charge on any atom is 0.322 e. The number of carbonyl (C=O) groups excluding carboxylic acids is 3. The molecule has 9 heteroatoms. The number of likely N-dealkylation sites (N-methyl/N-ethyl adjacent to an activating group) is 1. The summed E-state index contributed by atoms with van der Waals surface area (Å²) in [5, 5.41) is 5.68. The number of hydrogen-bond donors (Lipinski definition) is 2. The summed E-state index contributed by atoms with van der Waals surface area (Å²) >= 11 is 0. The normalized spacial score (nSPS) is 16.8. The van der Waals surface area contributed by atoms with Crippen molar-refractivity contribution in [1.82, 2.24) is 15.1 Å². The van der Waals surface area contributed by atoms with E-state index in [0.29, 0.717) is 35.0 Å². The Kier molecular flexibility index (Phi) is 7.08. The number of rotatable bonds is 8. The van der Waals surface area contributed by atoms with Crippen molar-refractivity contribution in [2.75, 3.05) is 25.0 Å². The highest BCUT2D eigenvalue weighted by molar-refractivity contribution is 6.02. The Morgan fingerprint density at radius 3 is 2.50 bits per heavy atom. The van der Waals surface area contributed by atoms with Gasteiger partial charge in [-0.1, -0.05) is 30.3 Å². The van der Waals surface area contributed by atoms with Gasteiger partial charge in [-0.3, -0.25) is 14.5 Å². The van der Waals surface area contributed by atoms with Gasteiger partial charge in [-0.2, -0.15) is 0 Å². The van der Waals surface area contributed by atoms with Crippen LogP contribution in [0.4, 0.5) is 14.9 Å². The number of ether oxygens (including phenoxy) is 1. The lowest BCUT2D eigenvalue weighted by atomic mass is 9.95. The molecule has 2 heterocycles. The van der Waals surface area contributed by atoms with Crippen molar-refractivity contribution in [3.8, 4) is 11.5 Å². The van der Waals surface area contributed by atoms with Crippen LogP contribution in [0.3, 0.4) is 0 Å². The number of nitrogens with one attached hydrogen (secondary N) is 2. The summed E-state index contributed by atoms with van der Waals surface area (Å²) in [4.78, 5) is 42.1. The van der Waals surface area contributed by atoms with Crippen molar-refractivity contribution in [2.24, 2.45) is 0 Å². The van der Waals surface area contributed by atoms with Gasteiger partial charge in [0, 0.05) is 25.2 Å². The second-order valence-corrected chi connectivity index (χ2v) is 9.01. The lowest BCUT2D eigenvalue weighted by Gasteiger charge is -2.33. The molecule has 38 heavy (non-hydrogen) atoms. The topological polar surface area (TPSA) is 91.0 Å². The van der Waals surface area contributed by atoms with E-state index < -0.39 is 11.9 Å². The van der Waals surface area contributed by atoms with Crippen LogP contribution < -0.4 is 15.4 Å². The number of amides is 4. The molecule has 0 unspecified atom stereocenters. The van der Waals surface area contributed by atoms with Crippen LogP contribution in [-0.2, 0) is 9.59 Å². The molecule has 0 saturated heterocycles. The van der Waals surface area contributed by atoms with Crippen molar-refractivity contribution < 1.29 is 23.5 Å². The van der Waals surface area contributed by atoms with E-state index in [1.807, 2.05) is 61.5 Å². The molecule has 0 aromatic heterocycles. The summed E-state index contributed by atoms with van der Waals surface area (Å²) < 4.78 is 19.1. The summed E-state index contributed by atoms with van der Waals surface area (Å²) in [6.07, 6.45) is 0.0578. The van der Waals surface area contributed by atoms with Crippen LogP contribution in [0.2, 0.25) is 0 Å². The average molecular weight is 515 g/mol. The van der Waals surface area contributed by atoms with Crippen LogP contribution >= 0.6 is 0 Å². The van der Waals surface area contributed by atoms with E-state index in [1.54, 1.807) is 9.80 Å². The average Bonchev–Trinajstić information content (AvgIpc) is 3.25. The molecule has 1 atom stereocenters. The van der Waals surface area contributed by atoms with Crippen LogP contribution in [0.5, 0.6) is 11.5 Å². The Balaban J connectivity index is 1.33. The zero-order chi connectivity index (χ0) is 26.6. The third-order valence-corrected chi connectivity index (χ3v) is 6.52. The van der Waals surface area contributed by atoms with Gasteiger partial charge in [0.05, 0.1) is 23.9 Å². The molecule has 4 amide bonds. The predicted octanol–water partition coefficient (Wildman–Crippen LogP) is 4.83. The molecule has 0 radical (unpaired) electrons. The van der Waals surface area contributed by atoms with E-state index in [0.717, 1.165) is 5.56 Å². The van der Waals surface area contributed by atoms with Gasteiger partial charge >= 0.3 is 6.03 Å². The molecule has 0 fully saturated rings.